The van der Waals surface area contributed by atoms with Gasteiger partial charge in [0.05, 0.1) is 10.7 Å². The summed E-state index contributed by atoms with van der Waals surface area (Å²) in [7, 11) is 0. The molecule has 5 nitrogen and oxygen atoms in total. The van der Waals surface area contributed by atoms with Crippen LogP contribution in [0.3, 0.4) is 0 Å². The van der Waals surface area contributed by atoms with Crippen LogP contribution in [0.15, 0.2) is 54.7 Å². The van der Waals surface area contributed by atoms with Crippen molar-refractivity contribution in [2.24, 2.45) is 0 Å². The minimum Gasteiger partial charge on any atom is -0.347 e. The summed E-state index contributed by atoms with van der Waals surface area (Å²) < 4.78 is 12.9. The van der Waals surface area contributed by atoms with E-state index in [1.807, 2.05) is 0 Å². The molecule has 26 heavy (non-hydrogen) atoms. The SMILES string of the molecule is O=C(NCc1ccc(F)cc1)c1ccnc(Nc2ccc(Cl)cc2Cl)n1. The minimum absolute atomic E-state index is 0.190. The van der Waals surface area contributed by atoms with Gasteiger partial charge in [-0.15, -0.1) is 0 Å². The first-order chi connectivity index (χ1) is 12.5. The third-order valence-corrected chi connectivity index (χ3v) is 3.98. The van der Waals surface area contributed by atoms with Gasteiger partial charge in [0.2, 0.25) is 5.95 Å². The van der Waals surface area contributed by atoms with Crippen LogP contribution < -0.4 is 10.6 Å². The fourth-order valence-corrected chi connectivity index (χ4v) is 2.59. The number of benzene rings is 2. The average Bonchev–Trinajstić information content (AvgIpc) is 2.63. The summed E-state index contributed by atoms with van der Waals surface area (Å²) in [6, 6.07) is 12.3. The largest absolute Gasteiger partial charge is 0.347 e. The van der Waals surface area contributed by atoms with Crippen LogP contribution >= 0.6 is 23.2 Å². The molecule has 0 saturated carbocycles. The lowest BCUT2D eigenvalue weighted by Gasteiger charge is -2.09. The molecule has 0 atom stereocenters. The molecule has 0 saturated heterocycles. The van der Waals surface area contributed by atoms with Crippen molar-refractivity contribution in [3.63, 3.8) is 0 Å². The number of halogens is 3. The highest BCUT2D eigenvalue weighted by Gasteiger charge is 2.10. The van der Waals surface area contributed by atoms with E-state index in [9.17, 15) is 9.18 Å². The maximum Gasteiger partial charge on any atom is 0.270 e. The van der Waals surface area contributed by atoms with Gasteiger partial charge < -0.3 is 10.6 Å². The topological polar surface area (TPSA) is 66.9 Å². The van der Waals surface area contributed by atoms with Crippen LogP contribution in [0.4, 0.5) is 16.0 Å². The molecule has 3 rings (SSSR count). The van der Waals surface area contributed by atoms with Crippen molar-refractivity contribution in [1.82, 2.24) is 15.3 Å². The van der Waals surface area contributed by atoms with Gasteiger partial charge in [0.15, 0.2) is 0 Å². The Morgan fingerprint density at radius 2 is 1.85 bits per heavy atom. The Bertz CT molecular complexity index is 935. The van der Waals surface area contributed by atoms with Gasteiger partial charge in [0, 0.05) is 17.8 Å². The number of nitrogens with one attached hydrogen (secondary N) is 2. The number of rotatable bonds is 5. The Labute approximate surface area is 159 Å². The smallest absolute Gasteiger partial charge is 0.270 e. The number of carbonyl (C=O) groups excluding carboxylic acids is 1. The van der Waals surface area contributed by atoms with Crippen molar-refractivity contribution < 1.29 is 9.18 Å². The number of aromatic nitrogens is 2. The first kappa shape index (κ1) is 18.1. The Kier molecular flexibility index (Phi) is 5.65. The summed E-state index contributed by atoms with van der Waals surface area (Å²) in [6.45, 7) is 0.259. The first-order valence-corrected chi connectivity index (χ1v) is 8.34. The van der Waals surface area contributed by atoms with Gasteiger partial charge in [-0.3, -0.25) is 4.79 Å². The van der Waals surface area contributed by atoms with E-state index in [0.717, 1.165) is 5.56 Å². The summed E-state index contributed by atoms with van der Waals surface area (Å²) >= 11 is 12.0. The molecule has 2 N–H and O–H groups in total. The van der Waals surface area contributed by atoms with Crippen molar-refractivity contribution in [3.05, 3.63) is 81.8 Å². The molecule has 132 valence electrons. The summed E-state index contributed by atoms with van der Waals surface area (Å²) in [5.74, 6) is -0.474. The molecule has 0 fully saturated rings. The second kappa shape index (κ2) is 8.12. The number of anilines is 2. The zero-order valence-electron chi connectivity index (χ0n) is 13.3. The Morgan fingerprint density at radius 3 is 2.58 bits per heavy atom. The van der Waals surface area contributed by atoms with Gasteiger partial charge in [0.25, 0.3) is 5.91 Å². The van der Waals surface area contributed by atoms with Gasteiger partial charge in [-0.05, 0) is 42.0 Å². The lowest BCUT2D eigenvalue weighted by atomic mass is 10.2. The predicted molar refractivity (Wildman–Crippen MR) is 99.3 cm³/mol. The molecule has 1 amide bonds. The fraction of sp³-hybridized carbons (Fsp3) is 0.0556. The van der Waals surface area contributed by atoms with E-state index >= 15 is 0 Å². The minimum atomic E-state index is -0.373. The predicted octanol–water partition coefficient (Wildman–Crippen LogP) is 4.60. The summed E-state index contributed by atoms with van der Waals surface area (Å²) in [5.41, 5.74) is 1.54. The molecule has 0 aliphatic rings. The maximum absolute atomic E-state index is 12.9. The number of carbonyl (C=O) groups is 1. The lowest BCUT2D eigenvalue weighted by Crippen LogP contribution is -2.24. The normalized spacial score (nSPS) is 10.4. The number of nitrogens with zero attached hydrogens (tertiary/aromatic N) is 2. The van der Waals surface area contributed by atoms with E-state index < -0.39 is 0 Å². The van der Waals surface area contributed by atoms with E-state index in [1.165, 1.54) is 24.4 Å². The van der Waals surface area contributed by atoms with Crippen LogP contribution in [0.2, 0.25) is 10.0 Å². The molecule has 1 aromatic heterocycles. The molecular formula is C18H13Cl2FN4O. The molecule has 0 bridgehead atoms. The highest BCUT2D eigenvalue weighted by Crippen LogP contribution is 2.27. The number of hydrogen-bond donors (Lipinski definition) is 2. The first-order valence-electron chi connectivity index (χ1n) is 7.59. The molecular weight excluding hydrogens is 378 g/mol. The van der Waals surface area contributed by atoms with Crippen LogP contribution in [-0.4, -0.2) is 15.9 Å². The monoisotopic (exact) mass is 390 g/mol. The molecule has 2 aromatic carbocycles. The van der Waals surface area contributed by atoms with Crippen LogP contribution in [0.1, 0.15) is 16.1 Å². The van der Waals surface area contributed by atoms with E-state index in [0.29, 0.717) is 15.7 Å². The van der Waals surface area contributed by atoms with Crippen LogP contribution in [0.25, 0.3) is 0 Å². The zero-order chi connectivity index (χ0) is 18.5. The van der Waals surface area contributed by atoms with E-state index in [4.69, 9.17) is 23.2 Å². The summed E-state index contributed by atoms with van der Waals surface area (Å²) in [6.07, 6.45) is 1.46. The average molecular weight is 391 g/mol. The van der Waals surface area contributed by atoms with Crippen molar-refractivity contribution in [2.75, 3.05) is 5.32 Å². The quantitative estimate of drug-likeness (QED) is 0.668. The molecule has 8 heteroatoms. The Morgan fingerprint density at radius 1 is 1.08 bits per heavy atom. The second-order valence-electron chi connectivity index (χ2n) is 5.32. The van der Waals surface area contributed by atoms with Crippen molar-refractivity contribution in [1.29, 1.82) is 0 Å². The van der Waals surface area contributed by atoms with Crippen molar-refractivity contribution >= 4 is 40.7 Å². The lowest BCUT2D eigenvalue weighted by molar-refractivity contribution is 0.0946. The third-order valence-electron chi connectivity index (χ3n) is 3.43. The third kappa shape index (κ3) is 4.68. The molecule has 0 radical (unpaired) electrons. The van der Waals surface area contributed by atoms with E-state index in [-0.39, 0.29) is 29.9 Å². The molecule has 0 unspecified atom stereocenters. The van der Waals surface area contributed by atoms with E-state index in [2.05, 4.69) is 20.6 Å². The number of amides is 1. The molecule has 0 spiro atoms. The van der Waals surface area contributed by atoms with E-state index in [1.54, 1.807) is 30.3 Å². The standard InChI is InChI=1S/C18H13Cl2FN4O/c19-12-3-6-15(14(20)9-12)24-18-22-8-7-16(25-18)17(26)23-10-11-1-4-13(21)5-2-11/h1-9H,10H2,(H,23,26)(H,22,24,25). The Balaban J connectivity index is 1.68. The molecule has 0 aliphatic heterocycles. The van der Waals surface area contributed by atoms with Crippen molar-refractivity contribution in [2.45, 2.75) is 6.54 Å². The van der Waals surface area contributed by atoms with Gasteiger partial charge in [0.1, 0.15) is 11.5 Å². The highest BCUT2D eigenvalue weighted by atomic mass is 35.5. The van der Waals surface area contributed by atoms with Crippen LogP contribution in [0.5, 0.6) is 0 Å². The molecule has 0 aliphatic carbocycles. The van der Waals surface area contributed by atoms with Crippen molar-refractivity contribution in [3.8, 4) is 0 Å². The summed E-state index contributed by atoms with van der Waals surface area (Å²) in [5, 5.41) is 6.58. The zero-order valence-corrected chi connectivity index (χ0v) is 14.9. The van der Waals surface area contributed by atoms with Crippen LogP contribution in [-0.2, 0) is 6.54 Å². The fourth-order valence-electron chi connectivity index (χ4n) is 2.13. The number of hydrogen-bond acceptors (Lipinski definition) is 4. The Hall–Kier alpha value is -2.70. The maximum atomic E-state index is 12.9. The molecule has 3 aromatic rings. The molecule has 1 heterocycles. The van der Waals surface area contributed by atoms with Gasteiger partial charge in [-0.2, -0.15) is 0 Å². The van der Waals surface area contributed by atoms with Gasteiger partial charge >= 0.3 is 0 Å². The second-order valence-corrected chi connectivity index (χ2v) is 6.17. The van der Waals surface area contributed by atoms with Gasteiger partial charge in [-0.25, -0.2) is 14.4 Å². The van der Waals surface area contributed by atoms with Crippen LogP contribution in [0, 0.1) is 5.82 Å². The highest BCUT2D eigenvalue weighted by molar-refractivity contribution is 6.36. The van der Waals surface area contributed by atoms with Gasteiger partial charge in [-0.1, -0.05) is 35.3 Å². The summed E-state index contributed by atoms with van der Waals surface area (Å²) in [4.78, 5) is 20.5.